The number of benzene rings is 9. The van der Waals surface area contributed by atoms with Gasteiger partial charge in [0.1, 0.15) is 11.5 Å². The molecule has 0 fully saturated rings. The molecular weight excluding hydrogens is 764 g/mol. The largest absolute Gasteiger partial charge is 0.456 e. The third kappa shape index (κ3) is 4.62. The van der Waals surface area contributed by atoms with Crippen LogP contribution in [0.25, 0.3) is 38.1 Å². The van der Waals surface area contributed by atoms with Crippen LogP contribution >= 0.6 is 0 Å². The van der Waals surface area contributed by atoms with Gasteiger partial charge >= 0.3 is 0 Å². The summed E-state index contributed by atoms with van der Waals surface area (Å²) in [7, 11) is 0. The minimum atomic E-state index is -0.0744. The van der Waals surface area contributed by atoms with Gasteiger partial charge in [-0.1, -0.05) is 150 Å². The third-order valence-electron chi connectivity index (χ3n) is 14.3. The lowest BCUT2D eigenvalue weighted by atomic mass is 9.31. The predicted molar refractivity (Wildman–Crippen MR) is 267 cm³/mol. The topological polar surface area (TPSA) is 20.1 Å². The van der Waals surface area contributed by atoms with E-state index in [9.17, 15) is 0 Å². The summed E-state index contributed by atoms with van der Waals surface area (Å²) in [6.07, 6.45) is 0. The second-order valence-corrected chi connectivity index (χ2v) is 17.8. The fourth-order valence-corrected chi connectivity index (χ4v) is 12.0. The maximum absolute atomic E-state index is 7.35. The molecule has 0 unspecified atom stereocenters. The molecule has 294 valence electrons. The molecule has 0 N–H and O–H groups in total. The molecule has 63 heavy (non-hydrogen) atoms. The van der Waals surface area contributed by atoms with Gasteiger partial charge in [0.05, 0.1) is 22.2 Å². The fraction of sp³-hybridized carbons (Fsp3) is 0.0526. The van der Waals surface area contributed by atoms with Gasteiger partial charge in [0.2, 0.25) is 0 Å². The number of rotatable bonds is 3. The van der Waals surface area contributed by atoms with Gasteiger partial charge in [-0.3, -0.25) is 0 Å². The highest BCUT2D eigenvalue weighted by Gasteiger charge is 2.47. The first-order chi connectivity index (χ1) is 31.0. The predicted octanol–water partition coefficient (Wildman–Crippen LogP) is 10.5. The molecule has 6 heteroatoms. The molecule has 14 rings (SSSR count). The number of aryl methyl sites for hydroxylation is 3. The zero-order chi connectivity index (χ0) is 41.7. The lowest BCUT2D eigenvalue weighted by molar-refractivity contribution is 0.489. The lowest BCUT2D eigenvalue weighted by Crippen LogP contribution is -2.63. The van der Waals surface area contributed by atoms with Crippen molar-refractivity contribution in [3.63, 3.8) is 0 Å². The van der Waals surface area contributed by atoms with Crippen molar-refractivity contribution in [2.24, 2.45) is 0 Å². The molecule has 0 amide bonds. The third-order valence-corrected chi connectivity index (χ3v) is 14.3. The van der Waals surface area contributed by atoms with Crippen LogP contribution < -0.4 is 47.3 Å². The van der Waals surface area contributed by atoms with Crippen LogP contribution in [-0.2, 0) is 0 Å². The zero-order valence-corrected chi connectivity index (χ0v) is 35.2. The Labute approximate surface area is 366 Å². The summed E-state index contributed by atoms with van der Waals surface area (Å²) in [6.45, 7) is 6.67. The minimum Gasteiger partial charge on any atom is -0.456 e. The van der Waals surface area contributed by atoms with Crippen molar-refractivity contribution in [3.05, 3.63) is 199 Å². The minimum absolute atomic E-state index is 0.00166. The van der Waals surface area contributed by atoms with Crippen LogP contribution in [0.15, 0.2) is 182 Å². The van der Waals surface area contributed by atoms with E-state index >= 15 is 0 Å². The van der Waals surface area contributed by atoms with Crippen LogP contribution in [0.4, 0.5) is 34.1 Å². The van der Waals surface area contributed by atoms with E-state index in [1.165, 1.54) is 98.9 Å². The van der Waals surface area contributed by atoms with Gasteiger partial charge < -0.3 is 18.9 Å². The Balaban J connectivity index is 1.11. The maximum atomic E-state index is 7.35. The van der Waals surface area contributed by atoms with Crippen molar-refractivity contribution >= 4 is 118 Å². The standard InChI is InChI=1S/C57H39B2N3O/c1-34-30-35(2)53(36(3)31-34)58-43-23-11-13-27-52(43)63-57-45(58)29-28-44-56(57)61(38-18-8-5-9-19-38)49-26-15-25-48-54(49)59(44)46-32-42-41-22-14-21-40-39-20-10-12-24-47(39)62(55(40)41)50(42)33-51(46)60(48)37-16-6-4-7-17-37/h4-33H,1-3H3. The first kappa shape index (κ1) is 35.0. The van der Waals surface area contributed by atoms with Crippen molar-refractivity contribution in [1.82, 2.24) is 4.40 Å². The summed E-state index contributed by atoms with van der Waals surface area (Å²) in [5.74, 6) is 1.84. The zero-order valence-electron chi connectivity index (χ0n) is 35.2. The number of ether oxygens (including phenoxy) is 1. The number of hydrogen-bond donors (Lipinski definition) is 0. The van der Waals surface area contributed by atoms with E-state index in [0.717, 1.165) is 34.2 Å². The second kappa shape index (κ2) is 12.7. The normalized spacial score (nSPS) is 13.6. The van der Waals surface area contributed by atoms with Crippen LogP contribution in [0.2, 0.25) is 0 Å². The monoisotopic (exact) mass is 803 g/mol. The quantitative estimate of drug-likeness (QED) is 0.166. The van der Waals surface area contributed by atoms with E-state index in [1.54, 1.807) is 0 Å². The van der Waals surface area contributed by atoms with Crippen molar-refractivity contribution < 1.29 is 4.74 Å². The average molecular weight is 804 g/mol. The molecule has 0 radical (unpaired) electrons. The summed E-state index contributed by atoms with van der Waals surface area (Å²) in [5, 5.41) is 5.14. The van der Waals surface area contributed by atoms with Crippen LogP contribution in [0.5, 0.6) is 11.5 Å². The SMILES string of the molecule is Cc1cc(C)c(B2c3ccccc3Oc3c2ccc2c3N(c3ccccc3)c3cccc4c3B2c2cc3c5cccc6c7ccccc7n(c3cc2N4c2ccccc2)c65)c(C)c1. The summed E-state index contributed by atoms with van der Waals surface area (Å²) >= 11 is 0. The van der Waals surface area contributed by atoms with Gasteiger partial charge in [-0.25, -0.2) is 0 Å². The van der Waals surface area contributed by atoms with Gasteiger partial charge in [-0.2, -0.15) is 0 Å². The second-order valence-electron chi connectivity index (χ2n) is 17.8. The van der Waals surface area contributed by atoms with E-state index in [4.69, 9.17) is 4.74 Å². The molecule has 0 aliphatic carbocycles. The highest BCUT2D eigenvalue weighted by atomic mass is 16.5. The van der Waals surface area contributed by atoms with Crippen LogP contribution in [-0.4, -0.2) is 17.8 Å². The van der Waals surface area contributed by atoms with Crippen molar-refractivity contribution in [2.45, 2.75) is 20.8 Å². The number of anilines is 6. The number of para-hydroxylation sites is 5. The molecular formula is C57H39B2N3O. The highest BCUT2D eigenvalue weighted by Crippen LogP contribution is 2.49. The molecule has 0 atom stereocenters. The lowest BCUT2D eigenvalue weighted by Gasteiger charge is -2.45. The highest BCUT2D eigenvalue weighted by molar-refractivity contribution is 7.01. The first-order valence-corrected chi connectivity index (χ1v) is 22.1. The number of aromatic nitrogens is 1. The van der Waals surface area contributed by atoms with Gasteiger partial charge in [-0.15, -0.1) is 0 Å². The molecule has 9 aromatic carbocycles. The van der Waals surface area contributed by atoms with Crippen LogP contribution in [0.3, 0.4) is 0 Å². The molecule has 11 aromatic rings. The number of hydrogen-bond acceptors (Lipinski definition) is 3. The number of nitrogens with zero attached hydrogens (tertiary/aromatic N) is 3. The van der Waals surface area contributed by atoms with Crippen molar-refractivity contribution in [3.8, 4) is 11.5 Å². The molecule has 5 heterocycles. The Hall–Kier alpha value is -7.69. The maximum Gasteiger partial charge on any atom is 0.252 e. The van der Waals surface area contributed by atoms with Crippen LogP contribution in [0.1, 0.15) is 16.7 Å². The average Bonchev–Trinajstić information content (AvgIpc) is 3.83. The molecule has 2 aromatic heterocycles. The molecule has 0 bridgehead atoms. The Bertz CT molecular complexity index is 3710. The van der Waals surface area contributed by atoms with Crippen molar-refractivity contribution in [2.75, 3.05) is 9.80 Å². The summed E-state index contributed by atoms with van der Waals surface area (Å²) in [4.78, 5) is 5.00. The summed E-state index contributed by atoms with van der Waals surface area (Å²) in [6, 6.07) is 67.6. The Morgan fingerprint density at radius 3 is 1.79 bits per heavy atom. The summed E-state index contributed by atoms with van der Waals surface area (Å²) < 4.78 is 9.85. The summed E-state index contributed by atoms with van der Waals surface area (Å²) in [5.41, 5.74) is 22.1. The molecule has 3 aliphatic heterocycles. The molecule has 3 aliphatic rings. The van der Waals surface area contributed by atoms with Crippen molar-refractivity contribution in [1.29, 1.82) is 0 Å². The van der Waals surface area contributed by atoms with Crippen LogP contribution in [0, 0.1) is 20.8 Å². The Kier molecular flexibility index (Phi) is 7.04. The van der Waals surface area contributed by atoms with E-state index < -0.39 is 0 Å². The molecule has 0 saturated heterocycles. The van der Waals surface area contributed by atoms with Gasteiger partial charge in [0.25, 0.3) is 13.4 Å². The number of fused-ring (bicyclic) bond motifs is 13. The van der Waals surface area contributed by atoms with Gasteiger partial charge in [0, 0.05) is 50.0 Å². The fourth-order valence-electron chi connectivity index (χ4n) is 12.0. The van der Waals surface area contributed by atoms with E-state index in [1.807, 2.05) is 0 Å². The molecule has 4 nitrogen and oxygen atoms in total. The van der Waals surface area contributed by atoms with Gasteiger partial charge in [0.15, 0.2) is 0 Å². The molecule has 0 saturated carbocycles. The molecule has 0 spiro atoms. The Morgan fingerprint density at radius 2 is 1.02 bits per heavy atom. The van der Waals surface area contributed by atoms with Gasteiger partial charge in [-0.05, 0) is 103 Å². The Morgan fingerprint density at radius 1 is 0.413 bits per heavy atom. The smallest absolute Gasteiger partial charge is 0.252 e. The van der Waals surface area contributed by atoms with E-state index in [2.05, 4.69) is 217 Å². The van der Waals surface area contributed by atoms with E-state index in [0.29, 0.717) is 0 Å². The van der Waals surface area contributed by atoms with E-state index in [-0.39, 0.29) is 13.4 Å². The first-order valence-electron chi connectivity index (χ1n) is 22.1.